The zero-order valence-corrected chi connectivity index (χ0v) is 14.3. The highest BCUT2D eigenvalue weighted by Crippen LogP contribution is 2.17. The maximum atomic E-state index is 13.0. The number of hydrogen-bond acceptors (Lipinski definition) is 4. The number of anilines is 1. The van der Waals surface area contributed by atoms with Crippen LogP contribution in [0.25, 0.3) is 0 Å². The van der Waals surface area contributed by atoms with Crippen LogP contribution in [-0.4, -0.2) is 62.0 Å². The van der Waals surface area contributed by atoms with Gasteiger partial charge in [0.1, 0.15) is 5.82 Å². The van der Waals surface area contributed by atoms with E-state index in [0.29, 0.717) is 26.1 Å². The molecule has 0 unspecified atom stereocenters. The predicted molar refractivity (Wildman–Crippen MR) is 93.8 cm³/mol. The Balaban J connectivity index is 1.38. The van der Waals surface area contributed by atoms with Gasteiger partial charge in [-0.1, -0.05) is 0 Å². The largest absolute Gasteiger partial charge is 0.368 e. The van der Waals surface area contributed by atoms with Gasteiger partial charge in [0.05, 0.1) is 6.04 Å². The first-order chi connectivity index (χ1) is 12.1. The zero-order chi connectivity index (χ0) is 17.6. The molecule has 136 valence electrons. The monoisotopic (exact) mass is 348 g/mol. The smallest absolute Gasteiger partial charge is 0.237 e. The lowest BCUT2D eigenvalue weighted by Crippen LogP contribution is -2.49. The van der Waals surface area contributed by atoms with E-state index >= 15 is 0 Å². The lowest BCUT2D eigenvalue weighted by atomic mass is 10.2. The molecule has 0 bridgehead atoms. The van der Waals surface area contributed by atoms with Crippen LogP contribution in [0.1, 0.15) is 19.3 Å². The van der Waals surface area contributed by atoms with E-state index < -0.39 is 0 Å². The van der Waals surface area contributed by atoms with Gasteiger partial charge in [-0.25, -0.2) is 4.39 Å². The number of amides is 2. The predicted octanol–water partition coefficient (Wildman–Crippen LogP) is 0.733. The molecular weight excluding hydrogens is 323 g/mol. The fourth-order valence-corrected chi connectivity index (χ4v) is 3.35. The van der Waals surface area contributed by atoms with E-state index in [4.69, 9.17) is 0 Å². The number of piperazine rings is 1. The van der Waals surface area contributed by atoms with Crippen LogP contribution in [0.4, 0.5) is 10.1 Å². The SMILES string of the molecule is O=C(NCCC(=O)N1CCN(c2ccc(F)cc2)CC1)[C@@H]1CCCN1. The van der Waals surface area contributed by atoms with Crippen molar-refractivity contribution in [1.29, 1.82) is 0 Å². The Hall–Kier alpha value is -2.15. The Kier molecular flexibility index (Phi) is 5.86. The van der Waals surface area contributed by atoms with Gasteiger partial charge in [-0.2, -0.15) is 0 Å². The number of carbonyl (C=O) groups excluding carboxylic acids is 2. The van der Waals surface area contributed by atoms with E-state index in [0.717, 1.165) is 38.2 Å². The van der Waals surface area contributed by atoms with Gasteiger partial charge < -0.3 is 20.4 Å². The lowest BCUT2D eigenvalue weighted by molar-refractivity contribution is -0.131. The Bertz CT molecular complexity index is 594. The van der Waals surface area contributed by atoms with Crippen LogP contribution in [0.5, 0.6) is 0 Å². The van der Waals surface area contributed by atoms with Crippen LogP contribution in [0, 0.1) is 5.82 Å². The molecule has 2 aliphatic heterocycles. The fraction of sp³-hybridized carbons (Fsp3) is 0.556. The molecule has 1 aromatic rings. The van der Waals surface area contributed by atoms with Gasteiger partial charge in [0.25, 0.3) is 0 Å². The standard InChI is InChI=1S/C18H25FN4O2/c19-14-3-5-15(6-4-14)22-10-12-23(13-11-22)17(24)7-9-21-18(25)16-2-1-8-20-16/h3-6,16,20H,1-2,7-13H2,(H,21,25)/t16-/m0/s1. The molecule has 2 saturated heterocycles. The van der Waals surface area contributed by atoms with Gasteiger partial charge in [0.15, 0.2) is 0 Å². The topological polar surface area (TPSA) is 64.7 Å². The van der Waals surface area contributed by atoms with Crippen molar-refractivity contribution in [3.8, 4) is 0 Å². The van der Waals surface area contributed by atoms with E-state index in [1.807, 2.05) is 4.90 Å². The van der Waals surface area contributed by atoms with Crippen molar-refractivity contribution in [2.24, 2.45) is 0 Å². The summed E-state index contributed by atoms with van der Waals surface area (Å²) >= 11 is 0. The molecule has 2 N–H and O–H groups in total. The first-order valence-electron chi connectivity index (χ1n) is 8.93. The molecular formula is C18H25FN4O2. The number of rotatable bonds is 5. The van der Waals surface area contributed by atoms with Crippen molar-refractivity contribution in [3.63, 3.8) is 0 Å². The maximum absolute atomic E-state index is 13.0. The van der Waals surface area contributed by atoms with Gasteiger partial charge in [-0.3, -0.25) is 9.59 Å². The Morgan fingerprint density at radius 2 is 1.88 bits per heavy atom. The number of carbonyl (C=O) groups is 2. The minimum atomic E-state index is -0.243. The molecule has 25 heavy (non-hydrogen) atoms. The summed E-state index contributed by atoms with van der Waals surface area (Å²) in [7, 11) is 0. The van der Waals surface area contributed by atoms with Gasteiger partial charge in [-0.15, -0.1) is 0 Å². The van der Waals surface area contributed by atoms with E-state index in [9.17, 15) is 14.0 Å². The molecule has 1 atom stereocenters. The Morgan fingerprint density at radius 3 is 2.52 bits per heavy atom. The van der Waals surface area contributed by atoms with Gasteiger partial charge in [-0.05, 0) is 43.7 Å². The molecule has 2 aliphatic rings. The van der Waals surface area contributed by atoms with E-state index in [-0.39, 0.29) is 23.7 Å². The van der Waals surface area contributed by atoms with Crippen LogP contribution in [0.3, 0.4) is 0 Å². The molecule has 2 heterocycles. The van der Waals surface area contributed by atoms with Crippen molar-refractivity contribution in [3.05, 3.63) is 30.1 Å². The third-order valence-corrected chi connectivity index (χ3v) is 4.84. The van der Waals surface area contributed by atoms with E-state index in [2.05, 4.69) is 15.5 Å². The van der Waals surface area contributed by atoms with Crippen LogP contribution in [0.2, 0.25) is 0 Å². The summed E-state index contributed by atoms with van der Waals surface area (Å²) in [5.41, 5.74) is 0.977. The van der Waals surface area contributed by atoms with Gasteiger partial charge >= 0.3 is 0 Å². The lowest BCUT2D eigenvalue weighted by Gasteiger charge is -2.36. The number of benzene rings is 1. The Labute approximate surface area is 147 Å². The minimum Gasteiger partial charge on any atom is -0.368 e. The summed E-state index contributed by atoms with van der Waals surface area (Å²) in [6.45, 7) is 4.03. The molecule has 1 aromatic carbocycles. The maximum Gasteiger partial charge on any atom is 0.237 e. The molecule has 7 heteroatoms. The van der Waals surface area contributed by atoms with Crippen molar-refractivity contribution in [1.82, 2.24) is 15.5 Å². The zero-order valence-electron chi connectivity index (χ0n) is 14.3. The molecule has 3 rings (SSSR count). The second-order valence-electron chi connectivity index (χ2n) is 6.53. The first-order valence-corrected chi connectivity index (χ1v) is 8.93. The van der Waals surface area contributed by atoms with E-state index in [1.54, 1.807) is 12.1 Å². The number of halogens is 1. The minimum absolute atomic E-state index is 0.00794. The summed E-state index contributed by atoms with van der Waals surface area (Å²) in [5, 5.41) is 5.99. The molecule has 0 radical (unpaired) electrons. The summed E-state index contributed by atoms with van der Waals surface area (Å²) in [4.78, 5) is 28.2. The molecule has 0 aromatic heterocycles. The molecule has 2 fully saturated rings. The van der Waals surface area contributed by atoms with Gasteiger partial charge in [0.2, 0.25) is 11.8 Å². The molecule has 0 spiro atoms. The Morgan fingerprint density at radius 1 is 1.16 bits per heavy atom. The molecule has 0 saturated carbocycles. The van der Waals surface area contributed by atoms with Crippen LogP contribution < -0.4 is 15.5 Å². The number of hydrogen-bond donors (Lipinski definition) is 2. The molecule has 2 amide bonds. The van der Waals surface area contributed by atoms with Crippen LogP contribution >= 0.6 is 0 Å². The van der Waals surface area contributed by atoms with E-state index in [1.165, 1.54) is 12.1 Å². The average molecular weight is 348 g/mol. The van der Waals surface area contributed by atoms with Crippen molar-refractivity contribution in [2.45, 2.75) is 25.3 Å². The highest BCUT2D eigenvalue weighted by Gasteiger charge is 2.23. The number of nitrogens with zero attached hydrogens (tertiary/aromatic N) is 2. The normalized spacial score (nSPS) is 20.6. The fourth-order valence-electron chi connectivity index (χ4n) is 3.35. The highest BCUT2D eigenvalue weighted by atomic mass is 19.1. The number of nitrogens with one attached hydrogen (secondary N) is 2. The third-order valence-electron chi connectivity index (χ3n) is 4.84. The summed E-state index contributed by atoms with van der Waals surface area (Å²) in [6, 6.07) is 6.33. The van der Waals surface area contributed by atoms with Crippen molar-refractivity contribution in [2.75, 3.05) is 44.2 Å². The molecule has 0 aliphatic carbocycles. The first kappa shape index (κ1) is 17.7. The second kappa shape index (κ2) is 8.29. The van der Waals surface area contributed by atoms with Crippen molar-refractivity contribution < 1.29 is 14.0 Å². The summed E-state index contributed by atoms with van der Waals surface area (Å²) in [5.74, 6) is -0.183. The summed E-state index contributed by atoms with van der Waals surface area (Å²) in [6.07, 6.45) is 2.22. The average Bonchev–Trinajstić information content (AvgIpc) is 3.17. The third kappa shape index (κ3) is 4.69. The molecule has 6 nitrogen and oxygen atoms in total. The van der Waals surface area contributed by atoms with Crippen molar-refractivity contribution >= 4 is 17.5 Å². The van der Waals surface area contributed by atoms with Crippen LogP contribution in [0.15, 0.2) is 24.3 Å². The van der Waals surface area contributed by atoms with Gasteiger partial charge in [0, 0.05) is 44.8 Å². The summed E-state index contributed by atoms with van der Waals surface area (Å²) < 4.78 is 13.0. The van der Waals surface area contributed by atoms with Crippen LogP contribution in [-0.2, 0) is 9.59 Å². The highest BCUT2D eigenvalue weighted by molar-refractivity contribution is 5.83. The quantitative estimate of drug-likeness (QED) is 0.824. The second-order valence-corrected chi connectivity index (χ2v) is 6.53.